The fourth-order valence-corrected chi connectivity index (χ4v) is 1.97. The SMILES string of the molecule is CCCn1cc([N+](=O)[O-])c(=O)n(CCCC(=O)CC)c1=O. The summed E-state index contributed by atoms with van der Waals surface area (Å²) in [6, 6.07) is 0. The molecule has 0 aliphatic carbocycles. The fourth-order valence-electron chi connectivity index (χ4n) is 1.97. The van der Waals surface area contributed by atoms with E-state index < -0.39 is 21.9 Å². The maximum absolute atomic E-state index is 12.1. The van der Waals surface area contributed by atoms with Crippen LogP contribution in [0.15, 0.2) is 15.8 Å². The van der Waals surface area contributed by atoms with Crippen LogP contribution < -0.4 is 11.2 Å². The van der Waals surface area contributed by atoms with Crippen molar-refractivity contribution in [1.29, 1.82) is 0 Å². The molecule has 0 N–H and O–H groups in total. The van der Waals surface area contributed by atoms with Gasteiger partial charge in [0.1, 0.15) is 5.78 Å². The number of hydrogen-bond donors (Lipinski definition) is 0. The molecule has 0 aliphatic heterocycles. The number of hydrogen-bond acceptors (Lipinski definition) is 5. The van der Waals surface area contributed by atoms with E-state index in [1.165, 1.54) is 4.57 Å². The Morgan fingerprint density at radius 1 is 1.29 bits per heavy atom. The van der Waals surface area contributed by atoms with E-state index in [0.717, 1.165) is 10.8 Å². The molecular formula is C13H19N3O5. The Hall–Kier alpha value is -2.25. The molecule has 0 radical (unpaired) electrons. The third-order valence-corrected chi connectivity index (χ3v) is 3.11. The van der Waals surface area contributed by atoms with E-state index in [4.69, 9.17) is 0 Å². The van der Waals surface area contributed by atoms with E-state index in [1.807, 2.05) is 6.92 Å². The van der Waals surface area contributed by atoms with Crippen molar-refractivity contribution in [2.24, 2.45) is 0 Å². The van der Waals surface area contributed by atoms with Crippen LogP contribution in [0.1, 0.15) is 39.5 Å². The van der Waals surface area contributed by atoms with Crippen molar-refractivity contribution in [1.82, 2.24) is 9.13 Å². The summed E-state index contributed by atoms with van der Waals surface area (Å²) in [6.45, 7) is 3.87. The quantitative estimate of drug-likeness (QED) is 0.527. The Balaban J connectivity index is 3.16. The van der Waals surface area contributed by atoms with Gasteiger partial charge in [0.2, 0.25) is 0 Å². The molecule has 1 heterocycles. The second-order valence-electron chi connectivity index (χ2n) is 4.70. The van der Waals surface area contributed by atoms with Gasteiger partial charge in [-0.1, -0.05) is 13.8 Å². The molecule has 21 heavy (non-hydrogen) atoms. The number of Topliss-reactive ketones (excluding diaryl/α,β-unsaturated/α-hetero) is 1. The van der Waals surface area contributed by atoms with Crippen molar-refractivity contribution in [3.8, 4) is 0 Å². The number of carbonyl (C=O) groups is 1. The lowest BCUT2D eigenvalue weighted by Crippen LogP contribution is -2.40. The summed E-state index contributed by atoms with van der Waals surface area (Å²) in [5.41, 5.74) is -2.11. The van der Waals surface area contributed by atoms with Gasteiger partial charge >= 0.3 is 16.9 Å². The normalized spacial score (nSPS) is 10.6. The summed E-state index contributed by atoms with van der Waals surface area (Å²) >= 11 is 0. The predicted octanol–water partition coefficient (Wildman–Crippen LogP) is 1.09. The highest BCUT2D eigenvalue weighted by molar-refractivity contribution is 5.77. The van der Waals surface area contributed by atoms with Crippen molar-refractivity contribution in [3.05, 3.63) is 37.1 Å². The standard InChI is InChI=1S/C13H19N3O5/c1-3-7-14-9-11(16(20)21)12(18)15(13(14)19)8-5-6-10(17)4-2/h9H,3-8H2,1-2H3. The van der Waals surface area contributed by atoms with Crippen molar-refractivity contribution < 1.29 is 9.72 Å². The van der Waals surface area contributed by atoms with Crippen molar-refractivity contribution in [3.63, 3.8) is 0 Å². The van der Waals surface area contributed by atoms with E-state index in [2.05, 4.69) is 0 Å². The highest BCUT2D eigenvalue weighted by Crippen LogP contribution is 2.03. The van der Waals surface area contributed by atoms with Crippen LogP contribution in [0.5, 0.6) is 0 Å². The Bertz CT molecular complexity index is 644. The van der Waals surface area contributed by atoms with Gasteiger partial charge < -0.3 is 0 Å². The first-order chi connectivity index (χ1) is 9.92. The number of aryl methyl sites for hydroxylation is 1. The zero-order chi connectivity index (χ0) is 16.0. The largest absolute Gasteiger partial charge is 0.350 e. The van der Waals surface area contributed by atoms with E-state index in [0.29, 0.717) is 25.8 Å². The van der Waals surface area contributed by atoms with Crippen molar-refractivity contribution >= 4 is 11.5 Å². The maximum Gasteiger partial charge on any atom is 0.350 e. The molecule has 8 nitrogen and oxygen atoms in total. The van der Waals surface area contributed by atoms with E-state index >= 15 is 0 Å². The van der Waals surface area contributed by atoms with Gasteiger partial charge in [-0.05, 0) is 12.8 Å². The number of carbonyl (C=O) groups excluding carboxylic acids is 1. The van der Waals surface area contributed by atoms with E-state index in [1.54, 1.807) is 6.92 Å². The van der Waals surface area contributed by atoms with Gasteiger partial charge in [-0.15, -0.1) is 0 Å². The van der Waals surface area contributed by atoms with Gasteiger partial charge in [0.25, 0.3) is 0 Å². The Morgan fingerprint density at radius 2 is 1.95 bits per heavy atom. The number of aromatic nitrogens is 2. The summed E-state index contributed by atoms with van der Waals surface area (Å²) in [5.74, 6) is 0.0300. The van der Waals surface area contributed by atoms with Crippen LogP contribution >= 0.6 is 0 Å². The van der Waals surface area contributed by atoms with Gasteiger partial charge in [0, 0.05) is 25.9 Å². The molecule has 8 heteroatoms. The molecule has 0 spiro atoms. The predicted molar refractivity (Wildman–Crippen MR) is 76.4 cm³/mol. The van der Waals surface area contributed by atoms with Gasteiger partial charge in [-0.25, -0.2) is 4.79 Å². The topological polar surface area (TPSA) is 104 Å². The molecule has 1 rings (SSSR count). The van der Waals surface area contributed by atoms with Gasteiger partial charge in [-0.3, -0.25) is 28.8 Å². The minimum absolute atomic E-state index is 0.00873. The first-order valence-electron chi connectivity index (χ1n) is 6.92. The second-order valence-corrected chi connectivity index (χ2v) is 4.70. The minimum Gasteiger partial charge on any atom is -0.300 e. The zero-order valence-corrected chi connectivity index (χ0v) is 12.2. The van der Waals surface area contributed by atoms with E-state index in [-0.39, 0.29) is 18.7 Å². The molecule has 0 saturated carbocycles. The first kappa shape index (κ1) is 16.8. The lowest BCUT2D eigenvalue weighted by molar-refractivity contribution is -0.387. The summed E-state index contributed by atoms with van der Waals surface area (Å²) in [6.07, 6.45) is 2.56. The van der Waals surface area contributed by atoms with E-state index in [9.17, 15) is 24.5 Å². The highest BCUT2D eigenvalue weighted by atomic mass is 16.6. The van der Waals surface area contributed by atoms with Crippen LogP contribution in [0.25, 0.3) is 0 Å². The average Bonchev–Trinajstić information content (AvgIpc) is 2.44. The monoisotopic (exact) mass is 297 g/mol. The molecule has 1 aromatic heterocycles. The van der Waals surface area contributed by atoms with Crippen LogP contribution in [0.4, 0.5) is 5.69 Å². The molecule has 0 saturated heterocycles. The van der Waals surface area contributed by atoms with Gasteiger partial charge in [0.05, 0.1) is 11.1 Å². The number of ketones is 1. The Kier molecular flexibility index (Phi) is 6.01. The number of rotatable bonds is 8. The number of nitro groups is 1. The molecule has 0 fully saturated rings. The molecule has 116 valence electrons. The molecule has 0 unspecified atom stereocenters. The summed E-state index contributed by atoms with van der Waals surface area (Å²) in [4.78, 5) is 45.4. The highest BCUT2D eigenvalue weighted by Gasteiger charge is 2.19. The van der Waals surface area contributed by atoms with Crippen LogP contribution in [-0.2, 0) is 17.9 Å². The molecule has 0 bridgehead atoms. The lowest BCUT2D eigenvalue weighted by Gasteiger charge is -2.09. The molecule has 0 aromatic carbocycles. The lowest BCUT2D eigenvalue weighted by atomic mass is 10.2. The molecule has 0 aliphatic rings. The van der Waals surface area contributed by atoms with Crippen molar-refractivity contribution in [2.45, 2.75) is 52.6 Å². The third kappa shape index (κ3) is 4.11. The maximum atomic E-state index is 12.1. The zero-order valence-electron chi connectivity index (χ0n) is 12.2. The average molecular weight is 297 g/mol. The molecular weight excluding hydrogens is 278 g/mol. The minimum atomic E-state index is -0.915. The van der Waals surface area contributed by atoms with Gasteiger partial charge in [-0.2, -0.15) is 0 Å². The summed E-state index contributed by atoms with van der Waals surface area (Å²) in [7, 11) is 0. The molecule has 1 aromatic rings. The second kappa shape index (κ2) is 7.51. The molecule has 0 amide bonds. The van der Waals surface area contributed by atoms with Crippen LogP contribution in [-0.4, -0.2) is 19.8 Å². The smallest absolute Gasteiger partial charge is 0.300 e. The van der Waals surface area contributed by atoms with Crippen LogP contribution in [0.3, 0.4) is 0 Å². The summed E-state index contributed by atoms with van der Waals surface area (Å²) in [5, 5.41) is 10.9. The molecule has 0 atom stereocenters. The Morgan fingerprint density at radius 3 is 2.48 bits per heavy atom. The Labute approximate surface area is 121 Å². The first-order valence-corrected chi connectivity index (χ1v) is 6.92. The van der Waals surface area contributed by atoms with Crippen molar-refractivity contribution in [2.75, 3.05) is 0 Å². The third-order valence-electron chi connectivity index (χ3n) is 3.11. The van der Waals surface area contributed by atoms with Crippen LogP contribution in [0.2, 0.25) is 0 Å². The number of nitrogens with zero attached hydrogens (tertiary/aromatic N) is 3. The summed E-state index contributed by atoms with van der Waals surface area (Å²) < 4.78 is 2.01. The van der Waals surface area contributed by atoms with Crippen LogP contribution in [0, 0.1) is 10.1 Å². The van der Waals surface area contributed by atoms with Gasteiger partial charge in [0.15, 0.2) is 0 Å². The fraction of sp³-hybridized carbons (Fsp3) is 0.615.